The average molecular weight is 163 g/mol. The molecule has 0 aromatic rings. The Labute approximate surface area is 69.0 Å². The Hall–Kier alpha value is 0.270. The van der Waals surface area contributed by atoms with Crippen molar-refractivity contribution in [3.05, 3.63) is 0 Å². The fourth-order valence-electron chi connectivity index (χ4n) is 1.11. The first-order chi connectivity index (χ1) is 5.43. The molecule has 0 aromatic carbocycles. The highest BCUT2D eigenvalue weighted by atomic mass is 32.1. The molecule has 0 aliphatic carbocycles. The van der Waals surface area contributed by atoms with Gasteiger partial charge in [0.15, 0.2) is 0 Å². The molecule has 10 heavy (non-hydrogen) atoms. The Morgan fingerprint density at radius 3 is 3.00 bits per heavy atom. The van der Waals surface area contributed by atoms with E-state index in [0.29, 0.717) is 0 Å². The van der Waals surface area contributed by atoms with Crippen LogP contribution in [0, 0.1) is 0 Å². The van der Waals surface area contributed by atoms with Crippen molar-refractivity contribution in [3.63, 3.8) is 0 Å². The van der Waals surface area contributed by atoms with Crippen LogP contribution in [0.2, 0.25) is 0 Å². The minimum Gasteiger partial charge on any atom is -0.379 e. The zero-order chi connectivity index (χ0) is 7.94. The van der Waals surface area contributed by atoms with Crippen LogP contribution in [0.1, 0.15) is 6.42 Å². The van der Waals surface area contributed by atoms with Crippen molar-refractivity contribution in [2.45, 2.75) is 6.42 Å². The summed E-state index contributed by atoms with van der Waals surface area (Å²) in [6.45, 7) is 5.04. The third kappa shape index (κ3) is 2.90. The maximum absolute atomic E-state index is 6.89. The molecule has 1 saturated heterocycles. The molecule has 0 bridgehead atoms. The number of hydrogen-bond acceptors (Lipinski definition) is 3. The van der Waals surface area contributed by atoms with Gasteiger partial charge in [-0.05, 0) is 18.7 Å². The van der Waals surface area contributed by atoms with Gasteiger partial charge in [0.05, 0.1) is 13.2 Å². The Morgan fingerprint density at radius 1 is 1.50 bits per heavy atom. The number of rotatable bonds is 4. The minimum absolute atomic E-state index is 0.883. The molecule has 0 aromatic heterocycles. The van der Waals surface area contributed by atoms with Crippen LogP contribution < -0.4 is 0 Å². The Balaban J connectivity index is 1.96. The molecule has 0 saturated carbocycles. The first-order valence-electron chi connectivity index (χ1n) is 4.22. The third-order valence-corrected chi connectivity index (χ3v) is 2.01. The van der Waals surface area contributed by atoms with E-state index in [9.17, 15) is 0 Å². The zero-order valence-electron chi connectivity index (χ0n) is 7.21. The molecule has 1 rings (SSSR count). The summed E-state index contributed by atoms with van der Waals surface area (Å²) in [5, 5.41) is 0. The molecule has 0 atom stereocenters. The first-order valence-corrected chi connectivity index (χ1v) is 4.39. The van der Waals surface area contributed by atoms with E-state index in [0.717, 1.165) is 45.0 Å². The fourth-order valence-corrected chi connectivity index (χ4v) is 1.24. The lowest BCUT2D eigenvalue weighted by atomic mass is 10.4. The standard InChI is InChI=1S/C7H15NOS/c10-7-1-2-8-3-5-9-6-4-8/h10H,1-7H2/i/hT. The van der Waals surface area contributed by atoms with Gasteiger partial charge in [0.25, 0.3) is 0 Å². The maximum atomic E-state index is 6.89. The Bertz CT molecular complexity index is 98.4. The van der Waals surface area contributed by atoms with Crippen LogP contribution in [0.15, 0.2) is 0 Å². The number of thiol groups is 1. The predicted molar refractivity (Wildman–Crippen MR) is 45.7 cm³/mol. The Morgan fingerprint density at radius 2 is 2.30 bits per heavy atom. The normalized spacial score (nSPS) is 22.6. The van der Waals surface area contributed by atoms with Gasteiger partial charge in [-0.2, -0.15) is 12.5 Å². The van der Waals surface area contributed by atoms with E-state index in [1.165, 1.54) is 12.5 Å². The van der Waals surface area contributed by atoms with Crippen LogP contribution in [0.4, 0.5) is 0 Å². The van der Waals surface area contributed by atoms with E-state index in [1.54, 1.807) is 0 Å². The van der Waals surface area contributed by atoms with Crippen molar-refractivity contribution >= 4 is 12.5 Å². The first kappa shape index (κ1) is 6.95. The predicted octanol–water partition coefficient (Wildman–Crippen LogP) is 0.639. The summed E-state index contributed by atoms with van der Waals surface area (Å²) in [6.07, 6.45) is 1.13. The van der Waals surface area contributed by atoms with Gasteiger partial charge in [0, 0.05) is 13.1 Å². The monoisotopic (exact) mass is 163 g/mol. The smallest absolute Gasteiger partial charge is 0.102 e. The second-order valence-corrected chi connectivity index (χ2v) is 2.92. The summed E-state index contributed by atoms with van der Waals surface area (Å²) in [5.41, 5.74) is 0. The molecular formula is C7H15NOS. The topological polar surface area (TPSA) is 12.5 Å². The van der Waals surface area contributed by atoms with Crippen molar-refractivity contribution in [1.82, 2.24) is 4.90 Å². The molecule has 0 N–H and O–H groups in total. The second kappa shape index (κ2) is 4.99. The summed E-state index contributed by atoms with van der Waals surface area (Å²) < 4.78 is 12.1. The van der Waals surface area contributed by atoms with Crippen molar-refractivity contribution in [1.29, 1.82) is 1.12 Å². The van der Waals surface area contributed by atoms with Crippen LogP contribution in [0.25, 0.3) is 0 Å². The second-order valence-electron chi connectivity index (χ2n) is 2.51. The SMILES string of the molecule is [3H]SCCCN1CCOCC1. The lowest BCUT2D eigenvalue weighted by Crippen LogP contribution is -2.36. The molecule has 0 spiro atoms. The van der Waals surface area contributed by atoms with Crippen LogP contribution in [0.3, 0.4) is 0 Å². The van der Waals surface area contributed by atoms with E-state index in [4.69, 9.17) is 5.86 Å². The summed E-state index contributed by atoms with van der Waals surface area (Å²) >= 11 is 1.18. The van der Waals surface area contributed by atoms with Gasteiger partial charge < -0.3 is 4.74 Å². The largest absolute Gasteiger partial charge is 0.379 e. The van der Waals surface area contributed by atoms with E-state index >= 15 is 0 Å². The molecule has 1 aliphatic heterocycles. The molecule has 60 valence electrons. The highest BCUT2D eigenvalue weighted by molar-refractivity contribution is 7.80. The molecule has 0 unspecified atom stereocenters. The van der Waals surface area contributed by atoms with Crippen molar-refractivity contribution in [2.24, 2.45) is 0 Å². The molecule has 1 fully saturated rings. The number of nitrogens with zero attached hydrogens (tertiary/aromatic N) is 1. The number of hydrogen-bond donors (Lipinski definition) is 1. The molecule has 0 amide bonds. The van der Waals surface area contributed by atoms with Gasteiger partial charge >= 0.3 is 0 Å². The van der Waals surface area contributed by atoms with E-state index in [2.05, 4.69) is 4.90 Å². The summed E-state index contributed by atoms with van der Waals surface area (Å²) in [6, 6.07) is 0. The van der Waals surface area contributed by atoms with E-state index < -0.39 is 0 Å². The molecular weight excluding hydrogens is 146 g/mol. The van der Waals surface area contributed by atoms with Gasteiger partial charge in [-0.3, -0.25) is 4.90 Å². The highest BCUT2D eigenvalue weighted by Gasteiger charge is 2.08. The lowest BCUT2D eigenvalue weighted by molar-refractivity contribution is 0.0381. The number of morpholine rings is 1. The fraction of sp³-hybridized carbons (Fsp3) is 1.00. The van der Waals surface area contributed by atoms with Gasteiger partial charge in [-0.15, -0.1) is 0 Å². The van der Waals surface area contributed by atoms with Gasteiger partial charge in [-0.25, -0.2) is 0 Å². The van der Waals surface area contributed by atoms with E-state index in [-0.39, 0.29) is 0 Å². The van der Waals surface area contributed by atoms with Crippen molar-refractivity contribution in [2.75, 3.05) is 38.6 Å². The van der Waals surface area contributed by atoms with Crippen LogP contribution in [-0.2, 0) is 4.74 Å². The van der Waals surface area contributed by atoms with Gasteiger partial charge in [0.1, 0.15) is 1.12 Å². The molecule has 1 aliphatic rings. The van der Waals surface area contributed by atoms with Crippen molar-refractivity contribution < 1.29 is 4.74 Å². The van der Waals surface area contributed by atoms with Gasteiger partial charge in [-0.1, -0.05) is 0 Å². The van der Waals surface area contributed by atoms with Gasteiger partial charge in [0.2, 0.25) is 0 Å². The third-order valence-electron chi connectivity index (χ3n) is 1.72. The van der Waals surface area contributed by atoms with Crippen LogP contribution in [-0.4, -0.2) is 44.6 Å². The van der Waals surface area contributed by atoms with E-state index in [1.807, 2.05) is 0 Å². The van der Waals surface area contributed by atoms with Crippen molar-refractivity contribution in [3.8, 4) is 0 Å². The molecule has 0 radical (unpaired) electrons. The summed E-state index contributed by atoms with van der Waals surface area (Å²) in [4.78, 5) is 2.40. The van der Waals surface area contributed by atoms with Crippen LogP contribution >= 0.6 is 12.5 Å². The Kier molecular flexibility index (Phi) is 3.47. The summed E-state index contributed by atoms with van der Waals surface area (Å²) in [5.74, 6) is 0.956. The zero-order valence-corrected chi connectivity index (χ0v) is 7.03. The number of ether oxygens (including phenoxy) is 1. The average Bonchev–Trinajstić information content (AvgIpc) is 2.07. The highest BCUT2D eigenvalue weighted by Crippen LogP contribution is 1.97. The summed E-state index contributed by atoms with van der Waals surface area (Å²) in [7, 11) is 0. The molecule has 2 nitrogen and oxygen atoms in total. The molecule has 1 heterocycles. The quantitative estimate of drug-likeness (QED) is 0.482. The maximum Gasteiger partial charge on any atom is 0.102 e. The minimum atomic E-state index is 0.883. The lowest BCUT2D eigenvalue weighted by Gasteiger charge is -2.26. The van der Waals surface area contributed by atoms with Crippen LogP contribution in [0.5, 0.6) is 0 Å². The molecule has 3 heteroatoms.